The fraction of sp³-hybridized carbons (Fsp3) is 0.300. The van der Waals surface area contributed by atoms with Crippen molar-refractivity contribution in [3.05, 3.63) is 34.9 Å². The molecule has 70 valence electrons. The zero-order chi connectivity index (χ0) is 9.84. The van der Waals surface area contributed by atoms with Crippen molar-refractivity contribution in [3.8, 4) is 0 Å². The highest BCUT2D eigenvalue weighted by atomic mass is 16.1. The van der Waals surface area contributed by atoms with Crippen LogP contribution in [0.2, 0.25) is 0 Å². The molecule has 0 fully saturated rings. The fourth-order valence-electron chi connectivity index (χ4n) is 1.26. The first-order chi connectivity index (χ1) is 6.17. The molecule has 0 aromatic heterocycles. The van der Waals surface area contributed by atoms with Gasteiger partial charge in [0.2, 0.25) is 0 Å². The monoisotopic (exact) mass is 178 g/mol. The van der Waals surface area contributed by atoms with Crippen molar-refractivity contribution in [1.29, 1.82) is 0 Å². The number of hydrogen-bond acceptors (Lipinski definition) is 2. The molecular formula is C10H14N2O. The Morgan fingerprint density at radius 1 is 1.46 bits per heavy atom. The van der Waals surface area contributed by atoms with Gasteiger partial charge in [-0.25, -0.2) is 0 Å². The van der Waals surface area contributed by atoms with E-state index in [9.17, 15) is 4.79 Å². The molecule has 13 heavy (non-hydrogen) atoms. The zero-order valence-electron chi connectivity index (χ0n) is 7.92. The molecule has 3 N–H and O–H groups in total. The lowest BCUT2D eigenvalue weighted by molar-refractivity contribution is 0.0963. The van der Waals surface area contributed by atoms with Crippen LogP contribution >= 0.6 is 0 Å². The summed E-state index contributed by atoms with van der Waals surface area (Å²) in [6.45, 7) is 2.41. The largest absolute Gasteiger partial charge is 0.355 e. The number of carbonyl (C=O) groups excluding carboxylic acids is 1. The van der Waals surface area contributed by atoms with Crippen molar-refractivity contribution in [1.82, 2.24) is 5.32 Å². The summed E-state index contributed by atoms with van der Waals surface area (Å²) >= 11 is 0. The first kappa shape index (κ1) is 9.74. The molecule has 1 rings (SSSR count). The third-order valence-corrected chi connectivity index (χ3v) is 1.86. The highest BCUT2D eigenvalue weighted by Crippen LogP contribution is 2.08. The van der Waals surface area contributed by atoms with Crippen molar-refractivity contribution in [2.75, 3.05) is 7.05 Å². The highest BCUT2D eigenvalue weighted by molar-refractivity contribution is 5.94. The smallest absolute Gasteiger partial charge is 0.251 e. The minimum atomic E-state index is -0.0709. The standard InChI is InChI=1S/C10H14N2O/c1-7-3-8(6-11)5-9(4-7)10(13)12-2/h3-5H,6,11H2,1-2H3,(H,12,13). The van der Waals surface area contributed by atoms with Crippen LogP contribution in [-0.2, 0) is 6.54 Å². The molecule has 0 atom stereocenters. The number of benzene rings is 1. The van der Waals surface area contributed by atoms with Gasteiger partial charge in [-0.3, -0.25) is 4.79 Å². The molecule has 0 heterocycles. The molecule has 3 heteroatoms. The molecule has 0 aliphatic rings. The maximum atomic E-state index is 11.3. The summed E-state index contributed by atoms with van der Waals surface area (Å²) in [5, 5.41) is 2.58. The quantitative estimate of drug-likeness (QED) is 0.704. The van der Waals surface area contributed by atoms with Gasteiger partial charge >= 0.3 is 0 Å². The van der Waals surface area contributed by atoms with E-state index in [0.717, 1.165) is 11.1 Å². The van der Waals surface area contributed by atoms with Gasteiger partial charge in [0.25, 0.3) is 5.91 Å². The van der Waals surface area contributed by atoms with Crippen LogP contribution in [0.25, 0.3) is 0 Å². The molecule has 0 saturated heterocycles. The highest BCUT2D eigenvalue weighted by Gasteiger charge is 2.04. The van der Waals surface area contributed by atoms with Gasteiger partial charge in [-0.05, 0) is 24.6 Å². The van der Waals surface area contributed by atoms with Crippen LogP contribution in [0.4, 0.5) is 0 Å². The Morgan fingerprint density at radius 2 is 2.15 bits per heavy atom. The lowest BCUT2D eigenvalue weighted by Gasteiger charge is -2.04. The Kier molecular flexibility index (Phi) is 3.03. The van der Waals surface area contributed by atoms with Gasteiger partial charge in [0.1, 0.15) is 0 Å². The average Bonchev–Trinajstić information content (AvgIpc) is 2.15. The number of amides is 1. The maximum Gasteiger partial charge on any atom is 0.251 e. The zero-order valence-corrected chi connectivity index (χ0v) is 7.92. The number of nitrogens with two attached hydrogens (primary N) is 1. The number of rotatable bonds is 2. The maximum absolute atomic E-state index is 11.3. The van der Waals surface area contributed by atoms with Gasteiger partial charge in [0.05, 0.1) is 0 Å². The fourth-order valence-corrected chi connectivity index (χ4v) is 1.26. The number of carbonyl (C=O) groups is 1. The Labute approximate surface area is 77.9 Å². The number of nitrogens with one attached hydrogen (secondary N) is 1. The van der Waals surface area contributed by atoms with Crippen LogP contribution in [-0.4, -0.2) is 13.0 Å². The summed E-state index contributed by atoms with van der Waals surface area (Å²) in [4.78, 5) is 11.3. The molecule has 1 amide bonds. The van der Waals surface area contributed by atoms with Crippen LogP contribution in [0, 0.1) is 6.92 Å². The lowest BCUT2D eigenvalue weighted by atomic mass is 10.1. The molecular weight excluding hydrogens is 164 g/mol. The SMILES string of the molecule is CNC(=O)c1cc(C)cc(CN)c1. The van der Waals surface area contributed by atoms with E-state index >= 15 is 0 Å². The van der Waals surface area contributed by atoms with Gasteiger partial charge in [-0.2, -0.15) is 0 Å². The molecule has 0 unspecified atom stereocenters. The van der Waals surface area contributed by atoms with E-state index in [4.69, 9.17) is 5.73 Å². The summed E-state index contributed by atoms with van der Waals surface area (Å²) in [5.41, 5.74) is 8.21. The number of hydrogen-bond donors (Lipinski definition) is 2. The van der Waals surface area contributed by atoms with Crippen molar-refractivity contribution in [3.63, 3.8) is 0 Å². The summed E-state index contributed by atoms with van der Waals surface area (Å²) in [5.74, 6) is -0.0709. The molecule has 1 aromatic rings. The Bertz CT molecular complexity index is 321. The summed E-state index contributed by atoms with van der Waals surface area (Å²) in [6, 6.07) is 5.64. The predicted octanol–water partition coefficient (Wildman–Crippen LogP) is 0.813. The van der Waals surface area contributed by atoms with E-state index in [1.807, 2.05) is 25.1 Å². The van der Waals surface area contributed by atoms with Gasteiger partial charge < -0.3 is 11.1 Å². The Hall–Kier alpha value is -1.35. The summed E-state index contributed by atoms with van der Waals surface area (Å²) in [7, 11) is 1.62. The molecule has 3 nitrogen and oxygen atoms in total. The van der Waals surface area contributed by atoms with Crippen molar-refractivity contribution in [2.45, 2.75) is 13.5 Å². The van der Waals surface area contributed by atoms with E-state index in [1.54, 1.807) is 7.05 Å². The molecule has 0 radical (unpaired) electrons. The van der Waals surface area contributed by atoms with Gasteiger partial charge in [-0.15, -0.1) is 0 Å². The van der Waals surface area contributed by atoms with E-state index in [0.29, 0.717) is 12.1 Å². The van der Waals surface area contributed by atoms with Gasteiger partial charge in [0.15, 0.2) is 0 Å². The first-order valence-corrected chi connectivity index (χ1v) is 4.20. The number of aryl methyl sites for hydroxylation is 1. The van der Waals surface area contributed by atoms with Crippen molar-refractivity contribution < 1.29 is 4.79 Å². The second kappa shape index (κ2) is 4.05. The average molecular weight is 178 g/mol. The van der Waals surface area contributed by atoms with E-state index in [-0.39, 0.29) is 5.91 Å². The van der Waals surface area contributed by atoms with E-state index in [1.165, 1.54) is 0 Å². The van der Waals surface area contributed by atoms with Gasteiger partial charge in [-0.1, -0.05) is 11.6 Å². The second-order valence-electron chi connectivity index (χ2n) is 2.99. The summed E-state index contributed by atoms with van der Waals surface area (Å²) < 4.78 is 0. The molecule has 0 saturated carbocycles. The first-order valence-electron chi connectivity index (χ1n) is 4.20. The third kappa shape index (κ3) is 2.29. The minimum Gasteiger partial charge on any atom is -0.355 e. The normalized spacial score (nSPS) is 9.77. The Balaban J connectivity index is 3.08. The lowest BCUT2D eigenvalue weighted by Crippen LogP contribution is -2.18. The second-order valence-corrected chi connectivity index (χ2v) is 2.99. The van der Waals surface area contributed by atoms with E-state index in [2.05, 4.69) is 5.32 Å². The van der Waals surface area contributed by atoms with Crippen LogP contribution in [0.15, 0.2) is 18.2 Å². The van der Waals surface area contributed by atoms with Gasteiger partial charge in [0, 0.05) is 19.2 Å². The third-order valence-electron chi connectivity index (χ3n) is 1.86. The van der Waals surface area contributed by atoms with Crippen molar-refractivity contribution >= 4 is 5.91 Å². The van der Waals surface area contributed by atoms with Crippen molar-refractivity contribution in [2.24, 2.45) is 5.73 Å². The van der Waals surface area contributed by atoms with Crippen LogP contribution in [0.3, 0.4) is 0 Å². The molecule has 0 spiro atoms. The topological polar surface area (TPSA) is 55.1 Å². The molecule has 0 aliphatic heterocycles. The predicted molar refractivity (Wildman–Crippen MR) is 52.5 cm³/mol. The molecule has 0 bridgehead atoms. The van der Waals surface area contributed by atoms with Crippen LogP contribution in [0.5, 0.6) is 0 Å². The Morgan fingerprint density at radius 3 is 2.69 bits per heavy atom. The molecule has 1 aromatic carbocycles. The van der Waals surface area contributed by atoms with E-state index < -0.39 is 0 Å². The van der Waals surface area contributed by atoms with Crippen LogP contribution in [0.1, 0.15) is 21.5 Å². The van der Waals surface area contributed by atoms with Crippen LogP contribution < -0.4 is 11.1 Å². The minimum absolute atomic E-state index is 0.0709. The molecule has 0 aliphatic carbocycles. The summed E-state index contributed by atoms with van der Waals surface area (Å²) in [6.07, 6.45) is 0.